The number of rotatable bonds is 3. The van der Waals surface area contributed by atoms with Gasteiger partial charge in [-0.3, -0.25) is 9.30 Å². The van der Waals surface area contributed by atoms with Crippen molar-refractivity contribution in [1.82, 2.24) is 24.5 Å². The Morgan fingerprint density at radius 3 is 2.55 bits per heavy atom. The number of nitrogens with two attached hydrogens (primary N) is 1. The Morgan fingerprint density at radius 1 is 1.06 bits per heavy atom. The number of likely N-dealkylation sites (tertiary alicyclic amines) is 1. The monoisotopic (exact) mass is 518 g/mol. The Hall–Kier alpha value is -2.17. The van der Waals surface area contributed by atoms with Crippen LogP contribution in [0.15, 0.2) is 48.7 Å². The fraction of sp³-hybridized carbons (Fsp3) is 0.286. The van der Waals surface area contributed by atoms with Crippen molar-refractivity contribution in [3.8, 4) is 11.5 Å². The molecule has 1 aromatic carbocycles. The number of benzene rings is 1. The minimum Gasteiger partial charge on any atom is -0.326 e. The molecule has 0 bridgehead atoms. The highest BCUT2D eigenvalue weighted by Crippen LogP contribution is 2.39. The highest BCUT2D eigenvalue weighted by atomic mass is 35.5. The van der Waals surface area contributed by atoms with E-state index >= 15 is 0 Å². The maximum Gasteiger partial charge on any atom is 0.408 e. The van der Waals surface area contributed by atoms with Crippen molar-refractivity contribution in [1.29, 1.82) is 0 Å². The van der Waals surface area contributed by atoms with Crippen molar-refractivity contribution in [2.24, 2.45) is 5.73 Å². The van der Waals surface area contributed by atoms with E-state index in [1.54, 1.807) is 12.1 Å². The van der Waals surface area contributed by atoms with E-state index in [1.807, 2.05) is 18.2 Å². The van der Waals surface area contributed by atoms with Gasteiger partial charge in [-0.15, -0.1) is 35.0 Å². The predicted octanol–water partition coefficient (Wildman–Crippen LogP) is 5.08. The van der Waals surface area contributed by atoms with E-state index in [1.165, 1.54) is 27.6 Å². The highest BCUT2D eigenvalue weighted by Gasteiger charge is 2.46. The lowest BCUT2D eigenvalue weighted by molar-refractivity contribution is -0.183. The molecule has 0 radical (unpaired) electrons. The molecule has 4 aromatic rings. The van der Waals surface area contributed by atoms with Gasteiger partial charge >= 0.3 is 6.18 Å². The van der Waals surface area contributed by atoms with Gasteiger partial charge in [-0.25, -0.2) is 4.98 Å². The molecule has 2 atom stereocenters. The molecule has 0 amide bonds. The second-order valence-corrected chi connectivity index (χ2v) is 8.12. The second kappa shape index (κ2) is 9.60. The molecule has 2 N–H and O–H groups in total. The first-order chi connectivity index (χ1) is 14.8. The van der Waals surface area contributed by atoms with Crippen molar-refractivity contribution in [3.63, 3.8) is 0 Å². The zero-order valence-corrected chi connectivity index (χ0v) is 19.4. The van der Waals surface area contributed by atoms with Gasteiger partial charge in [0, 0.05) is 30.7 Å². The first-order valence-electron chi connectivity index (χ1n) is 9.78. The number of hydrogen-bond acceptors (Lipinski definition) is 5. The Labute approximate surface area is 204 Å². The van der Waals surface area contributed by atoms with Crippen LogP contribution in [0.1, 0.15) is 18.0 Å². The van der Waals surface area contributed by atoms with E-state index in [4.69, 9.17) is 17.3 Å². The maximum atomic E-state index is 14.0. The fourth-order valence-corrected chi connectivity index (χ4v) is 4.36. The lowest BCUT2D eigenvalue weighted by Gasteiger charge is -2.30. The summed E-state index contributed by atoms with van der Waals surface area (Å²) in [5, 5.41) is 9.60. The van der Waals surface area contributed by atoms with Crippen LogP contribution in [0.5, 0.6) is 0 Å². The Morgan fingerprint density at radius 2 is 1.85 bits per heavy atom. The molecule has 1 fully saturated rings. The van der Waals surface area contributed by atoms with Gasteiger partial charge in [-0.2, -0.15) is 13.2 Å². The molecule has 4 heterocycles. The smallest absolute Gasteiger partial charge is 0.326 e. The molecular weight excluding hydrogens is 500 g/mol. The van der Waals surface area contributed by atoms with E-state index in [0.29, 0.717) is 40.7 Å². The molecule has 0 aliphatic carbocycles. The van der Waals surface area contributed by atoms with E-state index < -0.39 is 12.2 Å². The SMILES string of the molecule is Cl.Cl.N[C@H]1CCN([C@H](c2ccc3nnc(-c4ccc5cccc(Cl)c5n4)n3c2)C(F)(F)F)C1. The summed E-state index contributed by atoms with van der Waals surface area (Å²) in [4.78, 5) is 5.95. The number of fused-ring (bicyclic) bond motifs is 2. The number of alkyl halides is 3. The van der Waals surface area contributed by atoms with Crippen LogP contribution >= 0.6 is 36.4 Å². The number of para-hydroxylation sites is 1. The molecule has 0 spiro atoms. The average molecular weight is 520 g/mol. The number of pyridine rings is 2. The molecule has 0 unspecified atom stereocenters. The first-order valence-corrected chi connectivity index (χ1v) is 10.2. The topological polar surface area (TPSA) is 72.3 Å². The largest absolute Gasteiger partial charge is 0.408 e. The molecule has 1 aliphatic rings. The zero-order chi connectivity index (χ0) is 21.8. The van der Waals surface area contributed by atoms with Gasteiger partial charge in [0.25, 0.3) is 0 Å². The summed E-state index contributed by atoms with van der Waals surface area (Å²) >= 11 is 6.26. The van der Waals surface area contributed by atoms with Gasteiger partial charge in [0.15, 0.2) is 11.5 Å². The molecule has 6 nitrogen and oxygen atoms in total. The summed E-state index contributed by atoms with van der Waals surface area (Å²) < 4.78 is 43.5. The molecule has 5 rings (SSSR count). The minimum atomic E-state index is -4.44. The van der Waals surface area contributed by atoms with E-state index in [-0.39, 0.29) is 43.0 Å². The zero-order valence-electron chi connectivity index (χ0n) is 17.0. The number of nitrogens with zero attached hydrogens (tertiary/aromatic N) is 5. The van der Waals surface area contributed by atoms with Crippen LogP contribution in [-0.4, -0.2) is 49.8 Å². The average Bonchev–Trinajstić information content (AvgIpc) is 3.33. The molecule has 12 heteroatoms. The number of aromatic nitrogens is 4. The van der Waals surface area contributed by atoms with Gasteiger partial charge in [0.1, 0.15) is 11.7 Å². The molecule has 0 saturated carbocycles. The molecule has 1 saturated heterocycles. The van der Waals surface area contributed by atoms with Crippen LogP contribution in [0, 0.1) is 0 Å². The summed E-state index contributed by atoms with van der Waals surface area (Å²) in [6.07, 6.45) is -2.47. The third-order valence-electron chi connectivity index (χ3n) is 5.57. The van der Waals surface area contributed by atoms with Gasteiger partial charge in [0.05, 0.1) is 10.5 Å². The van der Waals surface area contributed by atoms with Crippen molar-refractivity contribution >= 4 is 53.0 Å². The summed E-state index contributed by atoms with van der Waals surface area (Å²) in [6.45, 7) is 0.491. The summed E-state index contributed by atoms with van der Waals surface area (Å²) in [7, 11) is 0. The van der Waals surface area contributed by atoms with Crippen molar-refractivity contribution < 1.29 is 13.2 Å². The summed E-state index contributed by atoms with van der Waals surface area (Å²) in [5.74, 6) is 0.345. The highest BCUT2D eigenvalue weighted by molar-refractivity contribution is 6.35. The van der Waals surface area contributed by atoms with Crippen molar-refractivity contribution in [3.05, 3.63) is 59.2 Å². The van der Waals surface area contributed by atoms with Gasteiger partial charge < -0.3 is 5.73 Å². The third-order valence-corrected chi connectivity index (χ3v) is 5.88. The minimum absolute atomic E-state index is 0. The van der Waals surface area contributed by atoms with Crippen LogP contribution in [0.25, 0.3) is 28.1 Å². The molecule has 33 heavy (non-hydrogen) atoms. The molecule has 176 valence electrons. The number of hydrogen-bond donors (Lipinski definition) is 1. The lowest BCUT2D eigenvalue weighted by Crippen LogP contribution is -2.38. The van der Waals surface area contributed by atoms with Crippen LogP contribution in [0.3, 0.4) is 0 Å². The Bertz CT molecular complexity index is 1280. The first kappa shape index (κ1) is 25.5. The van der Waals surface area contributed by atoms with Crippen LogP contribution in [0.2, 0.25) is 5.02 Å². The van der Waals surface area contributed by atoms with Crippen LogP contribution in [-0.2, 0) is 0 Å². The molecule has 3 aromatic heterocycles. The van der Waals surface area contributed by atoms with Gasteiger partial charge in [0.2, 0.25) is 0 Å². The van der Waals surface area contributed by atoms with Crippen molar-refractivity contribution in [2.75, 3.05) is 13.1 Å². The summed E-state index contributed by atoms with van der Waals surface area (Å²) in [5.41, 5.74) is 7.46. The Balaban J connectivity index is 0.00000153. The summed E-state index contributed by atoms with van der Waals surface area (Å²) in [6, 6.07) is 10.0. The van der Waals surface area contributed by atoms with Gasteiger partial charge in [-0.05, 0) is 30.2 Å². The predicted molar refractivity (Wildman–Crippen MR) is 126 cm³/mol. The quantitative estimate of drug-likeness (QED) is 0.409. The van der Waals surface area contributed by atoms with Crippen molar-refractivity contribution in [2.45, 2.75) is 24.7 Å². The fourth-order valence-electron chi connectivity index (χ4n) is 4.14. The molecule has 1 aliphatic heterocycles. The standard InChI is InChI=1S/C21H18ClF3N6.2ClH/c22-15-3-1-2-12-4-6-16(27-18(12)15)20-29-28-17-7-5-13(10-31(17)20)19(21(23,24)25)30-9-8-14(26)11-30;;/h1-7,10,14,19H,8-9,11,26H2;2*1H/t14-,19+;;/m0../s1. The molecular formula is C21H20Cl3F3N6. The van der Waals surface area contributed by atoms with Crippen LogP contribution < -0.4 is 5.73 Å². The van der Waals surface area contributed by atoms with E-state index in [2.05, 4.69) is 15.2 Å². The Kier molecular flexibility index (Phi) is 7.40. The van der Waals surface area contributed by atoms with Crippen LogP contribution in [0.4, 0.5) is 13.2 Å². The van der Waals surface area contributed by atoms with Gasteiger partial charge in [-0.1, -0.05) is 35.9 Å². The maximum absolute atomic E-state index is 14.0. The normalized spacial score (nSPS) is 17.7. The number of halogens is 6. The lowest BCUT2D eigenvalue weighted by atomic mass is 10.1. The second-order valence-electron chi connectivity index (χ2n) is 7.71. The third kappa shape index (κ3) is 4.74. The van der Waals surface area contributed by atoms with E-state index in [9.17, 15) is 13.2 Å². The van der Waals surface area contributed by atoms with E-state index in [0.717, 1.165) is 5.39 Å².